The van der Waals surface area contributed by atoms with Crippen LogP contribution in [0.1, 0.15) is 31.4 Å². The van der Waals surface area contributed by atoms with Crippen molar-refractivity contribution in [3.05, 3.63) is 29.8 Å². The maximum Gasteiger partial charge on any atom is 0.121 e. The summed E-state index contributed by atoms with van der Waals surface area (Å²) in [5, 5.41) is 21.4. The van der Waals surface area contributed by atoms with E-state index in [1.807, 2.05) is 6.07 Å². The van der Waals surface area contributed by atoms with Crippen molar-refractivity contribution >= 4 is 0 Å². The molecule has 0 saturated heterocycles. The Kier molecular flexibility index (Phi) is 4.65. The molecular formula is C12H16N2O. The van der Waals surface area contributed by atoms with E-state index >= 15 is 0 Å². The molecule has 1 unspecified atom stereocenters. The van der Waals surface area contributed by atoms with Gasteiger partial charge in [0.05, 0.1) is 6.07 Å². The lowest BCUT2D eigenvalue weighted by Gasteiger charge is -2.11. The molecule has 0 aliphatic rings. The van der Waals surface area contributed by atoms with Crippen LogP contribution in [0.25, 0.3) is 0 Å². The fourth-order valence-corrected chi connectivity index (χ4v) is 1.37. The fraction of sp³-hybridized carbons (Fsp3) is 0.417. The minimum Gasteiger partial charge on any atom is -0.508 e. The second-order valence-corrected chi connectivity index (χ2v) is 3.46. The molecule has 2 N–H and O–H groups in total. The number of benzene rings is 1. The average molecular weight is 204 g/mol. The normalized spacial score (nSPS) is 12.0. The molecule has 1 aromatic rings. The fourth-order valence-electron chi connectivity index (χ4n) is 1.37. The molecule has 0 aliphatic carbocycles. The highest BCUT2D eigenvalue weighted by molar-refractivity contribution is 5.31. The Morgan fingerprint density at radius 2 is 2.33 bits per heavy atom. The molecule has 15 heavy (non-hydrogen) atoms. The minimum absolute atomic E-state index is 0.199. The second kappa shape index (κ2) is 6.05. The first-order valence-corrected chi connectivity index (χ1v) is 5.20. The summed E-state index contributed by atoms with van der Waals surface area (Å²) in [6.07, 6.45) is 2.15. The van der Waals surface area contributed by atoms with Crippen molar-refractivity contribution in [1.82, 2.24) is 5.32 Å². The predicted molar refractivity (Wildman–Crippen MR) is 59.4 cm³/mol. The van der Waals surface area contributed by atoms with Crippen molar-refractivity contribution in [2.75, 3.05) is 6.54 Å². The zero-order valence-corrected chi connectivity index (χ0v) is 8.90. The number of nitrogens with one attached hydrogen (secondary N) is 1. The third-order valence-corrected chi connectivity index (χ3v) is 2.21. The maximum absolute atomic E-state index is 9.29. The van der Waals surface area contributed by atoms with Crippen molar-refractivity contribution in [2.45, 2.75) is 25.8 Å². The van der Waals surface area contributed by atoms with Crippen molar-refractivity contribution in [1.29, 1.82) is 5.26 Å². The summed E-state index contributed by atoms with van der Waals surface area (Å²) in [4.78, 5) is 0. The summed E-state index contributed by atoms with van der Waals surface area (Å²) in [7, 11) is 0. The monoisotopic (exact) mass is 204 g/mol. The topological polar surface area (TPSA) is 56.0 Å². The first-order chi connectivity index (χ1) is 7.27. The van der Waals surface area contributed by atoms with Gasteiger partial charge < -0.3 is 5.11 Å². The Balaban J connectivity index is 2.63. The number of aromatic hydroxyl groups is 1. The molecule has 0 spiro atoms. The van der Waals surface area contributed by atoms with Gasteiger partial charge in [-0.25, -0.2) is 0 Å². The van der Waals surface area contributed by atoms with E-state index in [-0.39, 0.29) is 11.8 Å². The van der Waals surface area contributed by atoms with Gasteiger partial charge in [-0.2, -0.15) is 5.26 Å². The van der Waals surface area contributed by atoms with Crippen LogP contribution in [0.2, 0.25) is 0 Å². The van der Waals surface area contributed by atoms with Crippen LogP contribution in [0.5, 0.6) is 5.75 Å². The summed E-state index contributed by atoms with van der Waals surface area (Å²) in [5.74, 6) is 0.199. The van der Waals surface area contributed by atoms with Crippen molar-refractivity contribution in [2.24, 2.45) is 0 Å². The summed E-state index contributed by atoms with van der Waals surface area (Å²) in [6.45, 7) is 2.93. The number of nitrogens with zero attached hydrogens (tertiary/aromatic N) is 1. The van der Waals surface area contributed by atoms with E-state index < -0.39 is 0 Å². The first-order valence-electron chi connectivity index (χ1n) is 5.20. The number of rotatable bonds is 5. The lowest BCUT2D eigenvalue weighted by Crippen LogP contribution is -2.20. The summed E-state index contributed by atoms with van der Waals surface area (Å²) < 4.78 is 0. The standard InChI is InChI=1S/C12H16N2O/c1-2-3-7-14-12(9-13)10-5-4-6-11(15)8-10/h4-6,8,12,14-15H,2-3,7H2,1H3. The third kappa shape index (κ3) is 3.61. The van der Waals surface area contributed by atoms with Crippen molar-refractivity contribution in [3.8, 4) is 11.8 Å². The number of hydrogen-bond acceptors (Lipinski definition) is 3. The van der Waals surface area contributed by atoms with Crippen LogP contribution in [0, 0.1) is 11.3 Å². The van der Waals surface area contributed by atoms with Crippen LogP contribution < -0.4 is 5.32 Å². The number of phenolic OH excluding ortho intramolecular Hbond substituents is 1. The largest absolute Gasteiger partial charge is 0.508 e. The number of unbranched alkanes of at least 4 members (excludes halogenated alkanes) is 1. The zero-order chi connectivity index (χ0) is 11.1. The molecule has 1 atom stereocenters. The Hall–Kier alpha value is -1.53. The van der Waals surface area contributed by atoms with Crippen molar-refractivity contribution < 1.29 is 5.11 Å². The minimum atomic E-state index is -0.330. The summed E-state index contributed by atoms with van der Waals surface area (Å²) >= 11 is 0. The van der Waals surface area contributed by atoms with Gasteiger partial charge in [0.1, 0.15) is 11.8 Å². The van der Waals surface area contributed by atoms with E-state index in [9.17, 15) is 5.11 Å². The smallest absolute Gasteiger partial charge is 0.121 e. The van der Waals surface area contributed by atoms with Gasteiger partial charge in [0.25, 0.3) is 0 Å². The van der Waals surface area contributed by atoms with Gasteiger partial charge in [-0.15, -0.1) is 0 Å². The van der Waals surface area contributed by atoms with E-state index in [4.69, 9.17) is 5.26 Å². The van der Waals surface area contributed by atoms with Gasteiger partial charge in [0.2, 0.25) is 0 Å². The molecule has 3 heteroatoms. The van der Waals surface area contributed by atoms with Gasteiger partial charge in [-0.3, -0.25) is 5.32 Å². The number of nitriles is 1. The third-order valence-electron chi connectivity index (χ3n) is 2.21. The molecule has 0 aromatic heterocycles. The lowest BCUT2D eigenvalue weighted by atomic mass is 10.1. The quantitative estimate of drug-likeness (QED) is 0.724. The summed E-state index contributed by atoms with van der Waals surface area (Å²) in [6, 6.07) is 8.66. The highest BCUT2D eigenvalue weighted by Crippen LogP contribution is 2.17. The van der Waals surface area contributed by atoms with E-state index in [0.29, 0.717) is 0 Å². The SMILES string of the molecule is CCCCNC(C#N)c1cccc(O)c1. The number of phenols is 1. The predicted octanol–water partition coefficient (Wildman–Crippen LogP) is 2.35. The Morgan fingerprint density at radius 1 is 1.53 bits per heavy atom. The molecule has 0 fully saturated rings. The Labute approximate surface area is 90.4 Å². The molecule has 0 aliphatic heterocycles. The molecular weight excluding hydrogens is 188 g/mol. The molecule has 0 bridgehead atoms. The molecule has 0 amide bonds. The van der Waals surface area contributed by atoms with Gasteiger partial charge in [-0.1, -0.05) is 25.5 Å². The Bertz CT molecular complexity index is 344. The highest BCUT2D eigenvalue weighted by atomic mass is 16.3. The molecule has 0 saturated carbocycles. The maximum atomic E-state index is 9.29. The van der Waals surface area contributed by atoms with Gasteiger partial charge in [0, 0.05) is 0 Å². The van der Waals surface area contributed by atoms with Gasteiger partial charge in [0.15, 0.2) is 0 Å². The second-order valence-electron chi connectivity index (χ2n) is 3.46. The molecule has 80 valence electrons. The molecule has 3 nitrogen and oxygen atoms in total. The van der Waals surface area contributed by atoms with Crippen LogP contribution in [0.4, 0.5) is 0 Å². The van der Waals surface area contributed by atoms with Crippen molar-refractivity contribution in [3.63, 3.8) is 0 Å². The highest BCUT2D eigenvalue weighted by Gasteiger charge is 2.08. The number of hydrogen-bond donors (Lipinski definition) is 2. The average Bonchev–Trinajstić information content (AvgIpc) is 2.24. The molecule has 0 radical (unpaired) electrons. The van der Waals surface area contributed by atoms with Crippen LogP contribution in [0.15, 0.2) is 24.3 Å². The molecule has 1 rings (SSSR count). The Morgan fingerprint density at radius 3 is 2.93 bits per heavy atom. The van der Waals surface area contributed by atoms with Crippen LogP contribution in [0.3, 0.4) is 0 Å². The van der Waals surface area contributed by atoms with Gasteiger partial charge in [-0.05, 0) is 30.7 Å². The van der Waals surface area contributed by atoms with E-state index in [1.165, 1.54) is 0 Å². The molecule has 1 aromatic carbocycles. The van der Waals surface area contributed by atoms with E-state index in [0.717, 1.165) is 24.9 Å². The zero-order valence-electron chi connectivity index (χ0n) is 8.90. The first kappa shape index (κ1) is 11.5. The van der Waals surface area contributed by atoms with Crippen LogP contribution >= 0.6 is 0 Å². The van der Waals surface area contributed by atoms with E-state index in [1.54, 1.807) is 18.2 Å². The van der Waals surface area contributed by atoms with Gasteiger partial charge >= 0.3 is 0 Å². The van der Waals surface area contributed by atoms with Crippen LogP contribution in [-0.2, 0) is 0 Å². The lowest BCUT2D eigenvalue weighted by molar-refractivity contribution is 0.473. The molecule has 0 heterocycles. The van der Waals surface area contributed by atoms with Crippen LogP contribution in [-0.4, -0.2) is 11.7 Å². The van der Waals surface area contributed by atoms with E-state index in [2.05, 4.69) is 18.3 Å². The summed E-state index contributed by atoms with van der Waals surface area (Å²) in [5.41, 5.74) is 0.814.